The second kappa shape index (κ2) is 4.36. The molecule has 88 valence electrons. The summed E-state index contributed by atoms with van der Waals surface area (Å²) in [6, 6.07) is 0. The van der Waals surface area contributed by atoms with E-state index < -0.39 is 22.3 Å². The molecule has 0 aliphatic carbocycles. The number of carboxylic acid groups (broad SMARTS) is 1. The molecule has 1 saturated heterocycles. The molecule has 0 spiro atoms. The molecule has 1 heterocycles. The van der Waals surface area contributed by atoms with Crippen LogP contribution in [-0.2, 0) is 14.3 Å². The number of nitrogens with zero attached hydrogens (tertiary/aromatic N) is 1. The molecule has 0 aromatic carbocycles. The van der Waals surface area contributed by atoms with Crippen molar-refractivity contribution in [2.24, 2.45) is 5.92 Å². The molecular formula is C8H15NO5S. The summed E-state index contributed by atoms with van der Waals surface area (Å²) in [7, 11) is -3.46. The maximum atomic E-state index is 10.9. The van der Waals surface area contributed by atoms with Gasteiger partial charge in [-0.2, -0.15) is 8.42 Å². The fourth-order valence-corrected chi connectivity index (χ4v) is 2.41. The molecule has 1 aliphatic rings. The first-order valence-electron chi connectivity index (χ1n) is 4.65. The zero-order chi connectivity index (χ0) is 11.6. The van der Waals surface area contributed by atoms with Gasteiger partial charge in [-0.1, -0.05) is 0 Å². The molecule has 1 unspecified atom stereocenters. The molecule has 1 N–H and O–H groups in total. The first kappa shape index (κ1) is 12.3. The Hall–Kier alpha value is -0.820. The van der Waals surface area contributed by atoms with Crippen molar-refractivity contribution in [3.8, 4) is 0 Å². The number of likely N-dealkylation sites (tertiary alicyclic amines) is 1. The Balaban J connectivity index is 2.50. The lowest BCUT2D eigenvalue weighted by molar-refractivity contribution is 0.140. The minimum Gasteiger partial charge on any atom is -0.465 e. The molecule has 0 radical (unpaired) electrons. The summed E-state index contributed by atoms with van der Waals surface area (Å²) >= 11 is 0. The topological polar surface area (TPSA) is 83.9 Å². The van der Waals surface area contributed by atoms with Crippen LogP contribution in [0, 0.1) is 5.92 Å². The van der Waals surface area contributed by atoms with Crippen LogP contribution in [0.5, 0.6) is 0 Å². The van der Waals surface area contributed by atoms with Gasteiger partial charge in [-0.25, -0.2) is 4.79 Å². The molecule has 0 saturated carbocycles. The fourth-order valence-electron chi connectivity index (χ4n) is 1.70. The summed E-state index contributed by atoms with van der Waals surface area (Å²) in [5.41, 5.74) is 0. The van der Waals surface area contributed by atoms with Crippen molar-refractivity contribution in [2.75, 3.05) is 19.3 Å². The van der Waals surface area contributed by atoms with Crippen LogP contribution < -0.4 is 0 Å². The van der Waals surface area contributed by atoms with E-state index in [9.17, 15) is 13.2 Å². The van der Waals surface area contributed by atoms with E-state index >= 15 is 0 Å². The van der Waals surface area contributed by atoms with Gasteiger partial charge in [0.2, 0.25) is 0 Å². The average molecular weight is 237 g/mol. The van der Waals surface area contributed by atoms with Crippen LogP contribution in [0.25, 0.3) is 0 Å². The summed E-state index contributed by atoms with van der Waals surface area (Å²) in [6.07, 6.45) is 0.199. The van der Waals surface area contributed by atoms with Crippen LogP contribution in [0.15, 0.2) is 0 Å². The van der Waals surface area contributed by atoms with Crippen molar-refractivity contribution in [1.29, 1.82) is 0 Å². The molecule has 1 aliphatic heterocycles. The first-order valence-corrected chi connectivity index (χ1v) is 6.47. The molecule has 2 atom stereocenters. The molecule has 1 amide bonds. The van der Waals surface area contributed by atoms with Crippen molar-refractivity contribution in [1.82, 2.24) is 4.90 Å². The second-order valence-corrected chi connectivity index (χ2v) is 5.38. The standard InChI is InChI=1S/C8H15NO5S/c1-6(14-15(2,12)13)7-3-4-9(5-7)8(10)11/h6-7H,3-5H2,1-2H3,(H,10,11)/t6?,7-/m0/s1. The zero-order valence-electron chi connectivity index (χ0n) is 8.71. The molecular weight excluding hydrogens is 222 g/mol. The van der Waals surface area contributed by atoms with E-state index in [1.54, 1.807) is 6.92 Å². The number of carbonyl (C=O) groups is 1. The fraction of sp³-hybridized carbons (Fsp3) is 0.875. The highest BCUT2D eigenvalue weighted by atomic mass is 32.2. The van der Waals surface area contributed by atoms with Crippen LogP contribution in [0.1, 0.15) is 13.3 Å². The Morgan fingerprint density at radius 1 is 1.60 bits per heavy atom. The summed E-state index contributed by atoms with van der Waals surface area (Å²) in [4.78, 5) is 11.9. The summed E-state index contributed by atoms with van der Waals surface area (Å²) in [6.45, 7) is 2.43. The minimum absolute atomic E-state index is 0.0455. The summed E-state index contributed by atoms with van der Waals surface area (Å²) in [5.74, 6) is -0.0455. The van der Waals surface area contributed by atoms with Crippen molar-refractivity contribution in [3.63, 3.8) is 0 Å². The van der Waals surface area contributed by atoms with Crippen molar-refractivity contribution in [3.05, 3.63) is 0 Å². The van der Waals surface area contributed by atoms with E-state index in [4.69, 9.17) is 9.29 Å². The van der Waals surface area contributed by atoms with Gasteiger partial charge in [0.1, 0.15) is 0 Å². The van der Waals surface area contributed by atoms with Gasteiger partial charge in [0.25, 0.3) is 10.1 Å². The predicted molar refractivity (Wildman–Crippen MR) is 53.1 cm³/mol. The zero-order valence-corrected chi connectivity index (χ0v) is 9.53. The highest BCUT2D eigenvalue weighted by molar-refractivity contribution is 7.86. The predicted octanol–water partition coefficient (Wildman–Crippen LogP) is 0.351. The number of amides is 1. The molecule has 0 aromatic heterocycles. The third-order valence-corrected chi connectivity index (χ3v) is 3.14. The normalized spacial score (nSPS) is 24.1. The average Bonchev–Trinajstić information content (AvgIpc) is 2.47. The molecule has 1 rings (SSSR count). The Labute approximate surface area is 89.0 Å². The van der Waals surface area contributed by atoms with E-state index in [0.717, 1.165) is 6.26 Å². The molecule has 7 heteroatoms. The van der Waals surface area contributed by atoms with Crippen LogP contribution in [0.3, 0.4) is 0 Å². The van der Waals surface area contributed by atoms with Crippen LogP contribution >= 0.6 is 0 Å². The van der Waals surface area contributed by atoms with Crippen molar-refractivity contribution >= 4 is 16.2 Å². The van der Waals surface area contributed by atoms with E-state index in [-0.39, 0.29) is 5.92 Å². The lowest BCUT2D eigenvalue weighted by atomic mass is 10.0. The molecule has 15 heavy (non-hydrogen) atoms. The van der Waals surface area contributed by atoms with Crippen LogP contribution in [0.4, 0.5) is 4.79 Å². The lowest BCUT2D eigenvalue weighted by Gasteiger charge is -2.18. The molecule has 0 aromatic rings. The molecule has 6 nitrogen and oxygen atoms in total. The van der Waals surface area contributed by atoms with E-state index in [1.807, 2.05) is 0 Å². The minimum atomic E-state index is -3.46. The number of hydrogen-bond donors (Lipinski definition) is 1. The van der Waals surface area contributed by atoms with Gasteiger partial charge in [0.05, 0.1) is 12.4 Å². The van der Waals surface area contributed by atoms with E-state index in [1.165, 1.54) is 4.90 Å². The van der Waals surface area contributed by atoms with Gasteiger partial charge in [0.15, 0.2) is 0 Å². The monoisotopic (exact) mass is 237 g/mol. The smallest absolute Gasteiger partial charge is 0.407 e. The van der Waals surface area contributed by atoms with Crippen molar-refractivity contribution in [2.45, 2.75) is 19.4 Å². The Bertz CT molecular complexity index is 339. The molecule has 1 fully saturated rings. The Morgan fingerprint density at radius 3 is 2.60 bits per heavy atom. The number of hydrogen-bond acceptors (Lipinski definition) is 4. The van der Waals surface area contributed by atoms with Gasteiger partial charge < -0.3 is 10.0 Å². The van der Waals surface area contributed by atoms with Gasteiger partial charge >= 0.3 is 6.09 Å². The lowest BCUT2D eigenvalue weighted by Crippen LogP contribution is -2.30. The SMILES string of the molecule is CC(OS(C)(=O)=O)[C@H]1CCN(C(=O)O)C1. The quantitative estimate of drug-likeness (QED) is 0.716. The third-order valence-electron chi connectivity index (χ3n) is 2.49. The van der Waals surface area contributed by atoms with Crippen molar-refractivity contribution < 1.29 is 22.5 Å². The van der Waals surface area contributed by atoms with Gasteiger partial charge in [-0.15, -0.1) is 0 Å². The first-order chi connectivity index (χ1) is 6.79. The maximum absolute atomic E-state index is 10.9. The van der Waals surface area contributed by atoms with Gasteiger partial charge in [-0.05, 0) is 13.3 Å². The van der Waals surface area contributed by atoms with E-state index in [0.29, 0.717) is 19.5 Å². The maximum Gasteiger partial charge on any atom is 0.407 e. The summed E-state index contributed by atoms with van der Waals surface area (Å²) < 4.78 is 26.5. The summed E-state index contributed by atoms with van der Waals surface area (Å²) in [5, 5.41) is 8.71. The Morgan fingerprint density at radius 2 is 2.20 bits per heavy atom. The van der Waals surface area contributed by atoms with Gasteiger partial charge in [0, 0.05) is 19.0 Å². The van der Waals surface area contributed by atoms with Crippen LogP contribution in [-0.4, -0.2) is 50.0 Å². The highest BCUT2D eigenvalue weighted by Crippen LogP contribution is 2.22. The Kier molecular flexibility index (Phi) is 3.56. The largest absolute Gasteiger partial charge is 0.465 e. The third kappa shape index (κ3) is 3.67. The van der Waals surface area contributed by atoms with E-state index in [2.05, 4.69) is 0 Å². The highest BCUT2D eigenvalue weighted by Gasteiger charge is 2.31. The second-order valence-electron chi connectivity index (χ2n) is 3.78. The van der Waals surface area contributed by atoms with Gasteiger partial charge in [-0.3, -0.25) is 4.18 Å². The number of rotatable bonds is 3. The van der Waals surface area contributed by atoms with Crippen LogP contribution in [0.2, 0.25) is 0 Å². The molecule has 0 bridgehead atoms.